The fourth-order valence-electron chi connectivity index (χ4n) is 3.09. The summed E-state index contributed by atoms with van der Waals surface area (Å²) in [4.78, 5) is 14.1. The molecule has 0 saturated carbocycles. The van der Waals surface area contributed by atoms with Crippen molar-refractivity contribution in [2.24, 2.45) is 0 Å². The summed E-state index contributed by atoms with van der Waals surface area (Å²) in [7, 11) is 2.01. The second-order valence-electron chi connectivity index (χ2n) is 6.25. The van der Waals surface area contributed by atoms with Gasteiger partial charge in [-0.2, -0.15) is 0 Å². The molecule has 1 atom stereocenters. The van der Waals surface area contributed by atoms with E-state index in [1.54, 1.807) is 4.57 Å². The van der Waals surface area contributed by atoms with Gasteiger partial charge in [0.15, 0.2) is 17.1 Å². The summed E-state index contributed by atoms with van der Waals surface area (Å²) in [5, 5.41) is 0. The molecule has 1 aromatic heterocycles. The van der Waals surface area contributed by atoms with Crippen LogP contribution in [0.5, 0.6) is 11.5 Å². The Morgan fingerprint density at radius 1 is 1.12 bits per heavy atom. The van der Waals surface area contributed by atoms with Crippen molar-refractivity contribution in [1.82, 2.24) is 9.47 Å². The molecule has 0 saturated heterocycles. The topological polar surface area (TPSA) is 56.8 Å². The Balaban J connectivity index is 1.37. The van der Waals surface area contributed by atoms with Gasteiger partial charge in [0.2, 0.25) is 0 Å². The van der Waals surface area contributed by atoms with E-state index in [1.165, 1.54) is 0 Å². The second-order valence-corrected chi connectivity index (χ2v) is 6.25. The van der Waals surface area contributed by atoms with Gasteiger partial charge >= 0.3 is 5.76 Å². The van der Waals surface area contributed by atoms with E-state index in [1.807, 2.05) is 55.6 Å². The second kappa shape index (κ2) is 6.64. The molecule has 0 unspecified atom stereocenters. The SMILES string of the molecule is CN(CCn1c(=O)oc2ccccc21)C[C@@H]1COc2ccccc2O1. The molecule has 0 radical (unpaired) electrons. The summed E-state index contributed by atoms with van der Waals surface area (Å²) in [5.74, 6) is 1.25. The molecule has 2 heterocycles. The molecule has 3 aromatic rings. The molecule has 0 spiro atoms. The highest BCUT2D eigenvalue weighted by Crippen LogP contribution is 2.30. The maximum absolute atomic E-state index is 12.0. The van der Waals surface area contributed by atoms with E-state index in [4.69, 9.17) is 13.9 Å². The number of ether oxygens (including phenoxy) is 2. The van der Waals surface area contributed by atoms with Crippen LogP contribution in [0.4, 0.5) is 0 Å². The van der Waals surface area contributed by atoms with E-state index in [2.05, 4.69) is 4.90 Å². The van der Waals surface area contributed by atoms with Crippen LogP contribution < -0.4 is 15.2 Å². The Labute approximate surface area is 145 Å². The molecule has 0 fully saturated rings. The van der Waals surface area contributed by atoms with E-state index < -0.39 is 0 Å². The van der Waals surface area contributed by atoms with E-state index >= 15 is 0 Å². The van der Waals surface area contributed by atoms with Crippen LogP contribution in [-0.2, 0) is 6.54 Å². The van der Waals surface area contributed by atoms with E-state index in [0.29, 0.717) is 25.3 Å². The van der Waals surface area contributed by atoms with Crippen LogP contribution in [0.2, 0.25) is 0 Å². The van der Waals surface area contributed by atoms with Crippen molar-refractivity contribution < 1.29 is 13.9 Å². The number of benzene rings is 2. The third-order valence-electron chi connectivity index (χ3n) is 4.36. The van der Waals surface area contributed by atoms with Gasteiger partial charge in [-0.3, -0.25) is 4.57 Å². The van der Waals surface area contributed by atoms with Gasteiger partial charge in [0.25, 0.3) is 0 Å². The first-order chi connectivity index (χ1) is 12.2. The summed E-state index contributed by atoms with van der Waals surface area (Å²) in [6.45, 7) is 2.52. The minimum Gasteiger partial charge on any atom is -0.486 e. The zero-order chi connectivity index (χ0) is 17.2. The zero-order valence-electron chi connectivity index (χ0n) is 14.1. The Bertz CT molecular complexity index is 930. The molecule has 130 valence electrons. The number of nitrogens with zero attached hydrogens (tertiary/aromatic N) is 2. The molecule has 0 bridgehead atoms. The van der Waals surface area contributed by atoms with Crippen LogP contribution >= 0.6 is 0 Å². The molecule has 0 aliphatic carbocycles. The highest BCUT2D eigenvalue weighted by molar-refractivity contribution is 5.72. The predicted octanol–water partition coefficient (Wildman–Crippen LogP) is 2.37. The number of rotatable bonds is 5. The Morgan fingerprint density at radius 2 is 1.88 bits per heavy atom. The Morgan fingerprint density at radius 3 is 2.76 bits per heavy atom. The van der Waals surface area contributed by atoms with Crippen LogP contribution in [0.15, 0.2) is 57.7 Å². The van der Waals surface area contributed by atoms with Gasteiger partial charge in [0.05, 0.1) is 5.52 Å². The Kier molecular flexibility index (Phi) is 4.19. The lowest BCUT2D eigenvalue weighted by Gasteiger charge is -2.29. The molecule has 2 aromatic carbocycles. The molecular weight excluding hydrogens is 320 g/mol. The van der Waals surface area contributed by atoms with Crippen molar-refractivity contribution in [3.63, 3.8) is 0 Å². The lowest BCUT2D eigenvalue weighted by atomic mass is 10.2. The first kappa shape index (κ1) is 15.8. The van der Waals surface area contributed by atoms with Gasteiger partial charge in [0.1, 0.15) is 12.7 Å². The summed E-state index contributed by atoms with van der Waals surface area (Å²) >= 11 is 0. The van der Waals surface area contributed by atoms with Crippen LogP contribution in [0, 0.1) is 0 Å². The molecule has 1 aliphatic heterocycles. The zero-order valence-corrected chi connectivity index (χ0v) is 14.1. The van der Waals surface area contributed by atoms with Crippen molar-refractivity contribution in [3.05, 3.63) is 59.1 Å². The summed E-state index contributed by atoms with van der Waals surface area (Å²) in [6, 6.07) is 15.2. The summed E-state index contributed by atoms with van der Waals surface area (Å²) in [5.41, 5.74) is 1.45. The quantitative estimate of drug-likeness (QED) is 0.714. The normalized spacial score (nSPS) is 16.5. The number of hydrogen-bond acceptors (Lipinski definition) is 5. The highest BCUT2D eigenvalue weighted by atomic mass is 16.6. The summed E-state index contributed by atoms with van der Waals surface area (Å²) < 4.78 is 18.7. The van der Waals surface area contributed by atoms with Crippen molar-refractivity contribution in [2.75, 3.05) is 26.7 Å². The molecule has 1 aliphatic rings. The number of oxazole rings is 1. The minimum absolute atomic E-state index is 0.0299. The van der Waals surface area contributed by atoms with E-state index in [9.17, 15) is 4.79 Å². The van der Waals surface area contributed by atoms with Gasteiger partial charge in [-0.05, 0) is 31.3 Å². The van der Waals surface area contributed by atoms with Gasteiger partial charge in [-0.15, -0.1) is 0 Å². The van der Waals surface area contributed by atoms with Gasteiger partial charge in [-0.1, -0.05) is 24.3 Å². The predicted molar refractivity (Wildman–Crippen MR) is 94.3 cm³/mol. The molecular formula is C19H20N2O4. The highest BCUT2D eigenvalue weighted by Gasteiger charge is 2.22. The number of aromatic nitrogens is 1. The third kappa shape index (κ3) is 3.25. The Hall–Kier alpha value is -2.73. The fraction of sp³-hybridized carbons (Fsp3) is 0.316. The van der Waals surface area contributed by atoms with Crippen molar-refractivity contribution in [2.45, 2.75) is 12.6 Å². The number of fused-ring (bicyclic) bond motifs is 2. The number of para-hydroxylation sites is 4. The van der Waals surface area contributed by atoms with Crippen LogP contribution in [0.25, 0.3) is 11.1 Å². The maximum Gasteiger partial charge on any atom is 0.419 e. The first-order valence-corrected chi connectivity index (χ1v) is 8.36. The van der Waals surface area contributed by atoms with Gasteiger partial charge in [0, 0.05) is 19.6 Å². The molecule has 4 rings (SSSR count). The van der Waals surface area contributed by atoms with Crippen LogP contribution in [0.1, 0.15) is 0 Å². The first-order valence-electron chi connectivity index (χ1n) is 8.36. The van der Waals surface area contributed by atoms with E-state index in [-0.39, 0.29) is 11.9 Å². The smallest absolute Gasteiger partial charge is 0.419 e. The molecule has 0 amide bonds. The lowest BCUT2D eigenvalue weighted by Crippen LogP contribution is -2.40. The average molecular weight is 340 g/mol. The standard InChI is InChI=1S/C19H20N2O4/c1-20(12-14-13-23-17-8-4-5-9-18(17)24-14)10-11-21-15-6-2-3-7-16(15)25-19(21)22/h2-9,14H,10-13H2,1H3/t14-/m1/s1. The largest absolute Gasteiger partial charge is 0.486 e. The lowest BCUT2D eigenvalue weighted by molar-refractivity contribution is 0.0647. The van der Waals surface area contributed by atoms with Crippen LogP contribution in [0.3, 0.4) is 0 Å². The maximum atomic E-state index is 12.0. The third-order valence-corrected chi connectivity index (χ3v) is 4.36. The molecule has 6 nitrogen and oxygen atoms in total. The number of likely N-dealkylation sites (N-methyl/N-ethyl adjacent to an activating group) is 1. The van der Waals surface area contributed by atoms with Crippen molar-refractivity contribution in [3.8, 4) is 11.5 Å². The van der Waals surface area contributed by atoms with E-state index in [0.717, 1.165) is 23.6 Å². The monoisotopic (exact) mass is 340 g/mol. The molecule has 0 N–H and O–H groups in total. The fourth-order valence-corrected chi connectivity index (χ4v) is 3.09. The number of hydrogen-bond donors (Lipinski definition) is 0. The summed E-state index contributed by atoms with van der Waals surface area (Å²) in [6.07, 6.45) is -0.0299. The van der Waals surface area contributed by atoms with Gasteiger partial charge in [-0.25, -0.2) is 4.79 Å². The molecule has 25 heavy (non-hydrogen) atoms. The average Bonchev–Trinajstić information content (AvgIpc) is 2.95. The van der Waals surface area contributed by atoms with Crippen molar-refractivity contribution in [1.29, 1.82) is 0 Å². The minimum atomic E-state index is -0.319. The van der Waals surface area contributed by atoms with Crippen LogP contribution in [-0.4, -0.2) is 42.3 Å². The van der Waals surface area contributed by atoms with Crippen molar-refractivity contribution >= 4 is 11.1 Å². The van der Waals surface area contributed by atoms with Gasteiger partial charge < -0.3 is 18.8 Å². The molecule has 6 heteroatoms.